The minimum Gasteiger partial charge on any atom is -0.391 e. The number of aliphatic hydroxyl groups is 1. The summed E-state index contributed by atoms with van der Waals surface area (Å²) in [7, 11) is 0. The van der Waals surface area contributed by atoms with Crippen LogP contribution in [0.1, 0.15) is 27.7 Å². The van der Waals surface area contributed by atoms with Crippen molar-refractivity contribution in [3.8, 4) is 0 Å². The molecule has 1 spiro atoms. The largest absolute Gasteiger partial charge is 0.391 e. The van der Waals surface area contributed by atoms with Crippen molar-refractivity contribution in [2.45, 2.75) is 18.9 Å². The van der Waals surface area contributed by atoms with E-state index in [1.807, 2.05) is 31.2 Å². The molecule has 2 aromatic heterocycles. The van der Waals surface area contributed by atoms with Gasteiger partial charge in [-0.25, -0.2) is 9.97 Å². The predicted molar refractivity (Wildman–Crippen MR) is 111 cm³/mol. The maximum absolute atomic E-state index is 12.4. The van der Waals surface area contributed by atoms with E-state index in [-0.39, 0.29) is 23.2 Å². The molecular weight excluding hydrogens is 380 g/mol. The van der Waals surface area contributed by atoms with E-state index in [9.17, 15) is 9.90 Å². The Labute approximate surface area is 174 Å². The number of aromatic nitrogens is 4. The fourth-order valence-corrected chi connectivity index (χ4v) is 5.02. The van der Waals surface area contributed by atoms with Gasteiger partial charge in [0.05, 0.1) is 6.10 Å². The predicted octanol–water partition coefficient (Wildman–Crippen LogP) is 1.52. The summed E-state index contributed by atoms with van der Waals surface area (Å²) in [6.45, 7) is 3.56. The van der Waals surface area contributed by atoms with Gasteiger partial charge in [-0.3, -0.25) is 9.89 Å². The molecule has 1 saturated carbocycles. The molecule has 2 fully saturated rings. The van der Waals surface area contributed by atoms with Gasteiger partial charge in [-0.1, -0.05) is 30.3 Å². The molecule has 0 unspecified atom stereocenters. The van der Waals surface area contributed by atoms with Gasteiger partial charge >= 0.3 is 0 Å². The molecule has 3 aromatic rings. The Bertz CT molecular complexity index is 1040. The Kier molecular flexibility index (Phi) is 4.51. The fourth-order valence-electron chi connectivity index (χ4n) is 5.02. The number of β-amino-alcohol motifs (C(OH)–C–C–N with tert-alkyl or cyclic N) is 1. The van der Waals surface area contributed by atoms with Crippen molar-refractivity contribution in [3.05, 3.63) is 71.8 Å². The van der Waals surface area contributed by atoms with E-state index in [1.54, 1.807) is 18.5 Å². The summed E-state index contributed by atoms with van der Waals surface area (Å²) in [5.74, 6) is 0.736. The van der Waals surface area contributed by atoms with Gasteiger partial charge in [-0.2, -0.15) is 5.10 Å². The summed E-state index contributed by atoms with van der Waals surface area (Å²) in [5, 5.41) is 20.7. The van der Waals surface area contributed by atoms with E-state index in [0.29, 0.717) is 31.3 Å². The van der Waals surface area contributed by atoms with Crippen molar-refractivity contribution in [3.63, 3.8) is 0 Å². The minimum atomic E-state index is -0.527. The minimum absolute atomic E-state index is 0.122. The smallest absolute Gasteiger partial charge is 0.269 e. The number of hydrogen-bond donors (Lipinski definition) is 3. The van der Waals surface area contributed by atoms with Gasteiger partial charge in [0.15, 0.2) is 0 Å². The number of carbonyl (C=O) groups excluding carboxylic acids is 1. The van der Waals surface area contributed by atoms with Crippen LogP contribution in [-0.4, -0.2) is 56.9 Å². The van der Waals surface area contributed by atoms with E-state index in [1.165, 1.54) is 5.56 Å². The molecule has 3 N–H and O–H groups in total. The van der Waals surface area contributed by atoms with E-state index in [2.05, 4.69) is 42.5 Å². The molecule has 0 bridgehead atoms. The van der Waals surface area contributed by atoms with E-state index >= 15 is 0 Å². The molecule has 5 rings (SSSR count). The third kappa shape index (κ3) is 3.04. The number of carbonyl (C=O) groups is 1. The lowest BCUT2D eigenvalue weighted by molar-refractivity contribution is 0.0934. The number of nitrogens with zero attached hydrogens (tertiary/aromatic N) is 4. The average Bonchev–Trinajstić information content (AvgIpc) is 3.06. The Morgan fingerprint density at radius 2 is 2.10 bits per heavy atom. The summed E-state index contributed by atoms with van der Waals surface area (Å²) in [6.07, 6.45) is 2.78. The van der Waals surface area contributed by atoms with Crippen LogP contribution in [0.5, 0.6) is 0 Å². The highest BCUT2D eigenvalue weighted by atomic mass is 16.3. The number of aromatic amines is 1. The van der Waals surface area contributed by atoms with Crippen molar-refractivity contribution in [1.82, 2.24) is 25.5 Å². The van der Waals surface area contributed by atoms with Crippen molar-refractivity contribution >= 4 is 11.9 Å². The van der Waals surface area contributed by atoms with Crippen LogP contribution in [0.2, 0.25) is 0 Å². The molecule has 0 radical (unpaired) electrons. The lowest BCUT2D eigenvalue weighted by atomic mass is 9.95. The molecule has 1 saturated heterocycles. The average molecular weight is 404 g/mol. The SMILES string of the molecule is Cc1ccnc(N2C[C@@H](O)[C@@]3(C2)[C@H](CNC(=O)c2ccn[nH]2)[C@H]3c2ccccc2)n1. The molecule has 4 atom stereocenters. The quantitative estimate of drug-likeness (QED) is 0.595. The Balaban J connectivity index is 1.40. The number of hydrogen-bond acceptors (Lipinski definition) is 6. The summed E-state index contributed by atoms with van der Waals surface area (Å²) < 4.78 is 0. The van der Waals surface area contributed by atoms with E-state index in [0.717, 1.165) is 5.69 Å². The Morgan fingerprint density at radius 3 is 2.83 bits per heavy atom. The molecule has 3 heterocycles. The van der Waals surface area contributed by atoms with Crippen molar-refractivity contribution in [1.29, 1.82) is 0 Å². The zero-order chi connectivity index (χ0) is 20.7. The second kappa shape index (κ2) is 7.21. The summed E-state index contributed by atoms with van der Waals surface area (Å²) in [4.78, 5) is 23.4. The first-order valence-electron chi connectivity index (χ1n) is 10.1. The van der Waals surface area contributed by atoms with Crippen LogP contribution in [-0.2, 0) is 0 Å². The molecule has 8 nitrogen and oxygen atoms in total. The topological polar surface area (TPSA) is 107 Å². The highest BCUT2D eigenvalue weighted by molar-refractivity contribution is 5.92. The summed E-state index contributed by atoms with van der Waals surface area (Å²) in [5.41, 5.74) is 2.18. The third-order valence-electron chi connectivity index (χ3n) is 6.49. The van der Waals surface area contributed by atoms with Crippen LogP contribution >= 0.6 is 0 Å². The molecule has 2 aliphatic rings. The molecule has 154 valence electrons. The first kappa shape index (κ1) is 18.7. The van der Waals surface area contributed by atoms with Crippen LogP contribution in [0, 0.1) is 18.3 Å². The number of nitrogens with one attached hydrogen (secondary N) is 2. The number of rotatable bonds is 5. The highest BCUT2D eigenvalue weighted by Gasteiger charge is 2.71. The van der Waals surface area contributed by atoms with E-state index in [4.69, 9.17) is 0 Å². The zero-order valence-corrected chi connectivity index (χ0v) is 16.7. The summed E-state index contributed by atoms with van der Waals surface area (Å²) >= 11 is 0. The summed E-state index contributed by atoms with van der Waals surface area (Å²) in [6, 6.07) is 13.7. The normalized spacial score (nSPS) is 27.4. The van der Waals surface area contributed by atoms with Crippen LogP contribution in [0.3, 0.4) is 0 Å². The first-order valence-corrected chi connectivity index (χ1v) is 10.1. The lowest BCUT2D eigenvalue weighted by Gasteiger charge is -2.17. The van der Waals surface area contributed by atoms with Crippen LogP contribution in [0.25, 0.3) is 0 Å². The van der Waals surface area contributed by atoms with Gasteiger partial charge in [0.1, 0.15) is 5.69 Å². The number of aryl methyl sites for hydroxylation is 1. The molecule has 30 heavy (non-hydrogen) atoms. The van der Waals surface area contributed by atoms with E-state index < -0.39 is 6.10 Å². The van der Waals surface area contributed by atoms with Crippen LogP contribution < -0.4 is 10.2 Å². The number of anilines is 1. The third-order valence-corrected chi connectivity index (χ3v) is 6.49. The van der Waals surface area contributed by atoms with Crippen LogP contribution in [0.15, 0.2) is 54.9 Å². The van der Waals surface area contributed by atoms with Crippen LogP contribution in [0.4, 0.5) is 5.95 Å². The molecule has 1 aromatic carbocycles. The Hall–Kier alpha value is -3.26. The number of H-pyrrole nitrogens is 1. The first-order chi connectivity index (χ1) is 14.6. The zero-order valence-electron chi connectivity index (χ0n) is 16.7. The van der Waals surface area contributed by atoms with Crippen molar-refractivity contribution in [2.75, 3.05) is 24.5 Å². The molecule has 1 aliphatic carbocycles. The standard InChI is InChI=1S/C22H24N6O2/c1-14-7-9-23-21(26-14)28-12-18(29)22(13-28)16(19(22)15-5-3-2-4-6-15)11-24-20(30)17-8-10-25-27-17/h2-10,16,18-19,29H,11-13H2,1H3,(H,24,30)(H,25,27)/t16-,18-,19-,22-/m1/s1. The lowest BCUT2D eigenvalue weighted by Crippen LogP contribution is -2.30. The second-order valence-corrected chi connectivity index (χ2v) is 8.18. The monoisotopic (exact) mass is 404 g/mol. The molecular formula is C22H24N6O2. The number of amides is 1. The van der Waals surface area contributed by atoms with Gasteiger partial charge in [-0.05, 0) is 36.5 Å². The molecule has 8 heteroatoms. The number of benzene rings is 1. The maximum atomic E-state index is 12.4. The van der Waals surface area contributed by atoms with Gasteiger partial charge in [0.2, 0.25) is 5.95 Å². The van der Waals surface area contributed by atoms with Crippen molar-refractivity contribution < 1.29 is 9.90 Å². The van der Waals surface area contributed by atoms with Gasteiger partial charge in [-0.15, -0.1) is 0 Å². The Morgan fingerprint density at radius 1 is 1.27 bits per heavy atom. The van der Waals surface area contributed by atoms with Gasteiger partial charge in [0, 0.05) is 43.1 Å². The highest BCUT2D eigenvalue weighted by Crippen LogP contribution is 2.68. The fraction of sp³-hybridized carbons (Fsp3) is 0.364. The van der Waals surface area contributed by atoms with Gasteiger partial charge < -0.3 is 15.3 Å². The van der Waals surface area contributed by atoms with Crippen molar-refractivity contribution in [2.24, 2.45) is 11.3 Å². The molecule has 1 aliphatic heterocycles. The molecule has 1 amide bonds. The number of aliphatic hydroxyl groups excluding tert-OH is 1. The second-order valence-electron chi connectivity index (χ2n) is 8.18. The van der Waals surface area contributed by atoms with Gasteiger partial charge in [0.25, 0.3) is 5.91 Å². The maximum Gasteiger partial charge on any atom is 0.269 e.